The lowest BCUT2D eigenvalue weighted by molar-refractivity contribution is 0.179. The molecule has 1 saturated heterocycles. The van der Waals surface area contributed by atoms with Crippen molar-refractivity contribution < 1.29 is 4.74 Å². The Morgan fingerprint density at radius 2 is 2.09 bits per heavy atom. The van der Waals surface area contributed by atoms with Crippen LogP contribution >= 0.6 is 0 Å². The minimum Gasteiger partial charge on any atom is -0.381 e. The summed E-state index contributed by atoms with van der Waals surface area (Å²) in [6, 6.07) is 0.425. The molecule has 2 N–H and O–H groups in total. The summed E-state index contributed by atoms with van der Waals surface area (Å²) in [6.07, 6.45) is 1.22. The Morgan fingerprint density at radius 3 is 2.45 bits per heavy atom. The van der Waals surface area contributed by atoms with Crippen molar-refractivity contribution in [3.8, 4) is 0 Å². The highest BCUT2D eigenvalue weighted by atomic mass is 16.5. The molecule has 0 spiro atoms. The average Bonchev–Trinajstić information content (AvgIpc) is 2.40. The zero-order valence-corrected chi connectivity index (χ0v) is 7.34. The van der Waals surface area contributed by atoms with E-state index in [-0.39, 0.29) is 0 Å². The van der Waals surface area contributed by atoms with Gasteiger partial charge in [0.25, 0.3) is 0 Å². The number of nitrogens with two attached hydrogens (primary N) is 1. The van der Waals surface area contributed by atoms with E-state index in [9.17, 15) is 0 Å². The molecule has 1 saturated carbocycles. The van der Waals surface area contributed by atoms with Gasteiger partial charge in [0.2, 0.25) is 0 Å². The largest absolute Gasteiger partial charge is 0.381 e. The van der Waals surface area contributed by atoms with Gasteiger partial charge in [-0.3, -0.25) is 0 Å². The van der Waals surface area contributed by atoms with E-state index in [1.165, 1.54) is 6.42 Å². The maximum absolute atomic E-state index is 5.97. The van der Waals surface area contributed by atoms with Crippen LogP contribution in [0.2, 0.25) is 0 Å². The Bertz CT molecular complexity index is 161. The fourth-order valence-electron chi connectivity index (χ4n) is 2.45. The van der Waals surface area contributed by atoms with Gasteiger partial charge in [-0.15, -0.1) is 0 Å². The molecule has 0 aromatic heterocycles. The lowest BCUT2D eigenvalue weighted by Gasteiger charge is -2.07. The predicted octanol–water partition coefficient (Wildman–Crippen LogP) is 1.01. The second-order valence-electron chi connectivity index (χ2n) is 4.50. The summed E-state index contributed by atoms with van der Waals surface area (Å²) in [7, 11) is 0. The third-order valence-corrected chi connectivity index (χ3v) is 3.47. The maximum Gasteiger partial charge on any atom is 0.0498 e. The molecular weight excluding hydrogens is 138 g/mol. The summed E-state index contributed by atoms with van der Waals surface area (Å²) in [6.45, 7) is 6.42. The van der Waals surface area contributed by atoms with Crippen LogP contribution in [-0.4, -0.2) is 19.3 Å². The summed E-state index contributed by atoms with van der Waals surface area (Å²) in [4.78, 5) is 0. The van der Waals surface area contributed by atoms with E-state index in [1.54, 1.807) is 0 Å². The van der Waals surface area contributed by atoms with Crippen molar-refractivity contribution in [1.29, 1.82) is 0 Å². The molecule has 1 aliphatic heterocycles. The summed E-state index contributed by atoms with van der Waals surface area (Å²) >= 11 is 0. The zero-order chi connectivity index (χ0) is 8.06. The van der Waals surface area contributed by atoms with Gasteiger partial charge in [-0.25, -0.2) is 0 Å². The van der Waals surface area contributed by atoms with Gasteiger partial charge in [0.15, 0.2) is 0 Å². The van der Waals surface area contributed by atoms with Crippen molar-refractivity contribution in [2.45, 2.75) is 26.3 Å². The standard InChI is InChI=1S/C9H17NO/c1-9(2)7(8(9)10)6-3-4-11-5-6/h6-8H,3-5,10H2,1-2H3. The molecule has 0 bridgehead atoms. The minimum atomic E-state index is 0.387. The monoisotopic (exact) mass is 155 g/mol. The quantitative estimate of drug-likeness (QED) is 0.613. The Morgan fingerprint density at radius 1 is 1.45 bits per heavy atom. The van der Waals surface area contributed by atoms with Gasteiger partial charge in [-0.2, -0.15) is 0 Å². The van der Waals surface area contributed by atoms with Gasteiger partial charge in [-0.1, -0.05) is 13.8 Å². The average molecular weight is 155 g/mol. The van der Waals surface area contributed by atoms with E-state index < -0.39 is 0 Å². The highest BCUT2D eigenvalue weighted by molar-refractivity contribution is 5.11. The lowest BCUT2D eigenvalue weighted by Crippen LogP contribution is -2.10. The molecular formula is C9H17NO. The molecule has 1 aliphatic carbocycles. The fourth-order valence-corrected chi connectivity index (χ4v) is 2.45. The molecule has 2 rings (SSSR count). The first-order valence-corrected chi connectivity index (χ1v) is 4.47. The van der Waals surface area contributed by atoms with E-state index in [2.05, 4.69) is 13.8 Å². The summed E-state index contributed by atoms with van der Waals surface area (Å²) in [5.41, 5.74) is 6.36. The van der Waals surface area contributed by atoms with E-state index in [0.29, 0.717) is 11.5 Å². The maximum atomic E-state index is 5.97. The normalized spacial score (nSPS) is 47.7. The molecule has 0 aromatic rings. The third kappa shape index (κ3) is 1.00. The molecule has 11 heavy (non-hydrogen) atoms. The van der Waals surface area contributed by atoms with E-state index in [1.807, 2.05) is 0 Å². The number of hydrogen-bond donors (Lipinski definition) is 1. The predicted molar refractivity (Wildman–Crippen MR) is 44.2 cm³/mol. The van der Waals surface area contributed by atoms with E-state index in [0.717, 1.165) is 25.0 Å². The van der Waals surface area contributed by atoms with Crippen molar-refractivity contribution in [3.05, 3.63) is 0 Å². The molecule has 0 amide bonds. The van der Waals surface area contributed by atoms with Crippen molar-refractivity contribution in [2.24, 2.45) is 23.0 Å². The minimum absolute atomic E-state index is 0.387. The Hall–Kier alpha value is -0.0800. The van der Waals surface area contributed by atoms with Gasteiger partial charge in [0, 0.05) is 19.3 Å². The van der Waals surface area contributed by atoms with E-state index in [4.69, 9.17) is 10.5 Å². The third-order valence-electron chi connectivity index (χ3n) is 3.47. The highest BCUT2D eigenvalue weighted by Gasteiger charge is 2.58. The Balaban J connectivity index is 1.98. The second-order valence-corrected chi connectivity index (χ2v) is 4.50. The summed E-state index contributed by atoms with van der Waals surface area (Å²) in [5.74, 6) is 1.48. The zero-order valence-electron chi connectivity index (χ0n) is 7.34. The fraction of sp³-hybridized carbons (Fsp3) is 1.00. The van der Waals surface area contributed by atoms with Crippen molar-refractivity contribution in [2.75, 3.05) is 13.2 Å². The number of ether oxygens (including phenoxy) is 1. The molecule has 0 radical (unpaired) electrons. The highest BCUT2D eigenvalue weighted by Crippen LogP contribution is 2.56. The molecule has 3 atom stereocenters. The Kier molecular flexibility index (Phi) is 1.52. The van der Waals surface area contributed by atoms with E-state index >= 15 is 0 Å². The van der Waals surface area contributed by atoms with Gasteiger partial charge >= 0.3 is 0 Å². The van der Waals surface area contributed by atoms with Gasteiger partial charge in [0.1, 0.15) is 0 Å². The van der Waals surface area contributed by atoms with Crippen LogP contribution in [-0.2, 0) is 4.74 Å². The van der Waals surface area contributed by atoms with Gasteiger partial charge < -0.3 is 10.5 Å². The van der Waals surface area contributed by atoms with Crippen LogP contribution in [0.5, 0.6) is 0 Å². The molecule has 64 valence electrons. The van der Waals surface area contributed by atoms with Gasteiger partial charge in [-0.05, 0) is 23.7 Å². The molecule has 3 unspecified atom stereocenters. The van der Waals surface area contributed by atoms with Crippen molar-refractivity contribution >= 4 is 0 Å². The second kappa shape index (κ2) is 2.20. The molecule has 2 aliphatic rings. The van der Waals surface area contributed by atoms with Crippen LogP contribution in [0.4, 0.5) is 0 Å². The molecule has 1 heterocycles. The van der Waals surface area contributed by atoms with Gasteiger partial charge in [0.05, 0.1) is 0 Å². The van der Waals surface area contributed by atoms with Crippen LogP contribution in [0.1, 0.15) is 20.3 Å². The molecule has 2 nitrogen and oxygen atoms in total. The number of hydrogen-bond acceptors (Lipinski definition) is 2. The SMILES string of the molecule is CC1(C)C(N)C1C1CCOC1. The first kappa shape index (κ1) is 7.56. The summed E-state index contributed by atoms with van der Waals surface area (Å²) < 4.78 is 5.34. The smallest absolute Gasteiger partial charge is 0.0498 e. The molecule has 2 heteroatoms. The van der Waals surface area contributed by atoms with Crippen LogP contribution < -0.4 is 5.73 Å². The van der Waals surface area contributed by atoms with Crippen LogP contribution in [0.15, 0.2) is 0 Å². The van der Waals surface area contributed by atoms with Crippen LogP contribution in [0, 0.1) is 17.3 Å². The Labute approximate surface area is 68.1 Å². The van der Waals surface area contributed by atoms with Crippen LogP contribution in [0.3, 0.4) is 0 Å². The first-order chi connectivity index (χ1) is 5.14. The molecule has 0 aromatic carbocycles. The van der Waals surface area contributed by atoms with Crippen molar-refractivity contribution in [1.82, 2.24) is 0 Å². The van der Waals surface area contributed by atoms with Crippen LogP contribution in [0.25, 0.3) is 0 Å². The first-order valence-electron chi connectivity index (χ1n) is 4.47. The lowest BCUT2D eigenvalue weighted by atomic mass is 9.97. The summed E-state index contributed by atoms with van der Waals surface area (Å²) in [5, 5.41) is 0. The van der Waals surface area contributed by atoms with Crippen molar-refractivity contribution in [3.63, 3.8) is 0 Å². The molecule has 2 fully saturated rings. The topological polar surface area (TPSA) is 35.2 Å². The number of rotatable bonds is 1.